The van der Waals surface area contributed by atoms with Crippen molar-refractivity contribution in [1.29, 1.82) is 0 Å². The third-order valence-electron chi connectivity index (χ3n) is 6.07. The summed E-state index contributed by atoms with van der Waals surface area (Å²) < 4.78 is 40.4. The number of aliphatic hydroxyl groups excluding tert-OH is 1. The van der Waals surface area contributed by atoms with Crippen LogP contribution in [0.5, 0.6) is 0 Å². The molecule has 2 aliphatic heterocycles. The van der Waals surface area contributed by atoms with Gasteiger partial charge >= 0.3 is 5.97 Å². The Morgan fingerprint density at radius 2 is 1.88 bits per heavy atom. The number of fused-ring (bicyclic) bond motifs is 5. The molecule has 0 radical (unpaired) electrons. The fourth-order valence-electron chi connectivity index (χ4n) is 4.36. The number of cyclic esters (lactones) is 1. The van der Waals surface area contributed by atoms with Gasteiger partial charge in [0.1, 0.15) is 6.10 Å². The highest BCUT2D eigenvalue weighted by molar-refractivity contribution is 7.86. The van der Waals surface area contributed by atoms with Gasteiger partial charge in [-0.1, -0.05) is 35.9 Å². The van der Waals surface area contributed by atoms with Crippen LogP contribution in [0.1, 0.15) is 16.8 Å². The van der Waals surface area contributed by atoms with Crippen LogP contribution in [-0.4, -0.2) is 59.3 Å². The van der Waals surface area contributed by atoms with E-state index in [0.717, 1.165) is 5.56 Å². The molecule has 0 spiro atoms. The summed E-state index contributed by atoms with van der Waals surface area (Å²) in [5, 5.41) is 33.8. The number of aliphatic hydroxyl groups is 3. The third kappa shape index (κ3) is 3.12. The van der Waals surface area contributed by atoms with Gasteiger partial charge < -0.3 is 29.8 Å². The number of carbonyl (C=O) groups is 1. The number of ether oxygens (including phenoxy) is 2. The van der Waals surface area contributed by atoms with Crippen LogP contribution in [0, 0.1) is 6.92 Å². The number of benzene rings is 2. The second-order valence-electron chi connectivity index (χ2n) is 8.16. The van der Waals surface area contributed by atoms with Gasteiger partial charge in [0, 0.05) is 22.2 Å². The number of para-hydroxylation sites is 1. The molecule has 33 heavy (non-hydrogen) atoms. The maximum atomic E-state index is 12.8. The average molecular weight is 475 g/mol. The summed E-state index contributed by atoms with van der Waals surface area (Å²) >= 11 is 0. The molecule has 1 fully saturated rings. The Labute approximate surface area is 188 Å². The topological polar surface area (TPSA) is 155 Å². The van der Waals surface area contributed by atoms with Crippen molar-refractivity contribution in [2.75, 3.05) is 6.61 Å². The van der Waals surface area contributed by atoms with Crippen LogP contribution in [0.15, 0.2) is 53.4 Å². The van der Waals surface area contributed by atoms with E-state index in [9.17, 15) is 28.5 Å². The molecule has 174 valence electrons. The molecule has 0 aliphatic carbocycles. The Morgan fingerprint density at radius 3 is 2.61 bits per heavy atom. The molecule has 2 aromatic carbocycles. The minimum Gasteiger partial charge on any atom is -0.451 e. The van der Waals surface area contributed by atoms with Crippen molar-refractivity contribution >= 4 is 27.0 Å². The molecule has 11 heteroatoms. The number of aromatic nitrogens is 1. The smallest absolute Gasteiger partial charge is 0.349 e. The SMILES string of the molecule is Cc1ccc(S(=O)(=O)OC[C@H](O)[C@H]2OC(=O)[C@]3(O)c4c([nH]c5ccccc45)CO[C@]23O)cc1. The molecule has 0 unspecified atom stereocenters. The highest BCUT2D eigenvalue weighted by Gasteiger charge is 2.74. The van der Waals surface area contributed by atoms with Gasteiger partial charge in [0.15, 0.2) is 6.10 Å². The monoisotopic (exact) mass is 475 g/mol. The van der Waals surface area contributed by atoms with Crippen molar-refractivity contribution in [2.24, 2.45) is 0 Å². The van der Waals surface area contributed by atoms with Gasteiger partial charge in [-0.3, -0.25) is 4.18 Å². The first-order valence-corrected chi connectivity index (χ1v) is 11.5. The molecule has 1 saturated heterocycles. The second kappa shape index (κ2) is 7.35. The number of aromatic amines is 1. The maximum absolute atomic E-state index is 12.8. The van der Waals surface area contributed by atoms with E-state index in [1.807, 2.05) is 0 Å². The number of H-pyrrole nitrogens is 1. The molecular formula is C22H21NO9S. The lowest BCUT2D eigenvalue weighted by Gasteiger charge is -2.40. The van der Waals surface area contributed by atoms with Crippen LogP contribution in [-0.2, 0) is 40.8 Å². The van der Waals surface area contributed by atoms with Crippen LogP contribution in [0.2, 0.25) is 0 Å². The van der Waals surface area contributed by atoms with Gasteiger partial charge in [-0.25, -0.2) is 4.79 Å². The van der Waals surface area contributed by atoms with Crippen LogP contribution >= 0.6 is 0 Å². The summed E-state index contributed by atoms with van der Waals surface area (Å²) in [5.41, 5.74) is -0.747. The van der Waals surface area contributed by atoms with Crippen molar-refractivity contribution < 1.29 is 42.2 Å². The second-order valence-corrected chi connectivity index (χ2v) is 9.78. The Hall–Kier alpha value is -2.80. The normalized spacial score (nSPS) is 27.8. The van der Waals surface area contributed by atoms with E-state index in [-0.39, 0.29) is 17.1 Å². The van der Waals surface area contributed by atoms with Crippen LogP contribution < -0.4 is 0 Å². The van der Waals surface area contributed by atoms with E-state index in [1.54, 1.807) is 43.3 Å². The Balaban J connectivity index is 1.44. The Bertz CT molecular complexity index is 1350. The summed E-state index contributed by atoms with van der Waals surface area (Å²) in [7, 11) is -4.24. The minimum atomic E-state index is -4.24. The van der Waals surface area contributed by atoms with Gasteiger partial charge in [-0.15, -0.1) is 0 Å². The van der Waals surface area contributed by atoms with Gasteiger partial charge in [0.2, 0.25) is 5.60 Å². The standard InChI is InChI=1S/C22H21NO9S/c1-12-6-8-13(9-7-12)33(28,29)31-11-17(24)19-22(27)21(26,20(25)32-19)18-14-4-2-3-5-15(14)23-16(18)10-30-22/h2-9,17,19,23-24,26-27H,10-11H2,1H3/t17-,19+,21+,22+/m0/s1. The third-order valence-corrected chi connectivity index (χ3v) is 7.36. The zero-order chi connectivity index (χ0) is 23.6. The number of aryl methyl sites for hydroxylation is 1. The fraction of sp³-hybridized carbons (Fsp3) is 0.318. The summed E-state index contributed by atoms with van der Waals surface area (Å²) in [6.07, 6.45) is -3.65. The summed E-state index contributed by atoms with van der Waals surface area (Å²) in [4.78, 5) is 15.7. The number of hydrogen-bond donors (Lipinski definition) is 4. The highest BCUT2D eigenvalue weighted by Crippen LogP contribution is 2.52. The summed E-state index contributed by atoms with van der Waals surface area (Å²) in [6.45, 7) is 0.725. The molecule has 10 nitrogen and oxygen atoms in total. The lowest BCUT2D eigenvalue weighted by molar-refractivity contribution is -0.320. The van der Waals surface area contributed by atoms with Gasteiger partial charge in [0.05, 0.1) is 18.1 Å². The minimum absolute atomic E-state index is 0.0831. The Morgan fingerprint density at radius 1 is 1.18 bits per heavy atom. The molecular weight excluding hydrogens is 454 g/mol. The number of carbonyl (C=O) groups excluding carboxylic acids is 1. The van der Waals surface area contributed by atoms with Crippen molar-refractivity contribution in [3.8, 4) is 0 Å². The highest BCUT2D eigenvalue weighted by atomic mass is 32.2. The van der Waals surface area contributed by atoms with Crippen molar-refractivity contribution in [2.45, 2.75) is 42.0 Å². The van der Waals surface area contributed by atoms with E-state index >= 15 is 0 Å². The predicted molar refractivity (Wildman–Crippen MR) is 112 cm³/mol. The number of rotatable bonds is 5. The molecule has 3 heterocycles. The van der Waals surface area contributed by atoms with E-state index < -0.39 is 46.3 Å². The van der Waals surface area contributed by atoms with Gasteiger partial charge in [0.25, 0.3) is 15.9 Å². The number of esters is 1. The molecule has 4 N–H and O–H groups in total. The van der Waals surface area contributed by atoms with Gasteiger partial charge in [-0.05, 0) is 25.1 Å². The van der Waals surface area contributed by atoms with Crippen molar-refractivity contribution in [3.05, 3.63) is 65.4 Å². The number of hydrogen-bond acceptors (Lipinski definition) is 9. The molecule has 4 atom stereocenters. The first kappa shape index (κ1) is 22.0. The summed E-state index contributed by atoms with van der Waals surface area (Å²) in [5.74, 6) is -3.92. The predicted octanol–water partition coefficient (Wildman–Crippen LogP) is 0.575. The molecule has 3 aromatic rings. The van der Waals surface area contributed by atoms with E-state index in [1.165, 1.54) is 12.1 Å². The molecule has 0 saturated carbocycles. The lowest BCUT2D eigenvalue weighted by atomic mass is 9.80. The maximum Gasteiger partial charge on any atom is 0.349 e. The molecule has 1 aromatic heterocycles. The average Bonchev–Trinajstić information content (AvgIpc) is 3.27. The van der Waals surface area contributed by atoms with Crippen molar-refractivity contribution in [3.63, 3.8) is 0 Å². The van der Waals surface area contributed by atoms with Crippen LogP contribution in [0.25, 0.3) is 10.9 Å². The molecule has 5 rings (SSSR count). The molecule has 0 bridgehead atoms. The van der Waals surface area contributed by atoms with Crippen LogP contribution in [0.3, 0.4) is 0 Å². The van der Waals surface area contributed by atoms with E-state index in [4.69, 9.17) is 13.7 Å². The van der Waals surface area contributed by atoms with E-state index in [2.05, 4.69) is 4.98 Å². The zero-order valence-electron chi connectivity index (χ0n) is 17.4. The molecule has 0 amide bonds. The first-order chi connectivity index (χ1) is 15.6. The lowest BCUT2D eigenvalue weighted by Crippen LogP contribution is -2.62. The molecule has 2 aliphatic rings. The quantitative estimate of drug-likeness (QED) is 0.306. The zero-order valence-corrected chi connectivity index (χ0v) is 18.2. The van der Waals surface area contributed by atoms with Crippen LogP contribution in [0.4, 0.5) is 0 Å². The number of nitrogens with one attached hydrogen (secondary N) is 1. The Kier molecular flexibility index (Phi) is 4.90. The van der Waals surface area contributed by atoms with E-state index in [0.29, 0.717) is 16.6 Å². The largest absolute Gasteiger partial charge is 0.451 e. The summed E-state index contributed by atoms with van der Waals surface area (Å²) in [6, 6.07) is 12.7. The van der Waals surface area contributed by atoms with Crippen molar-refractivity contribution in [1.82, 2.24) is 4.98 Å². The first-order valence-electron chi connectivity index (χ1n) is 10.1. The van der Waals surface area contributed by atoms with Gasteiger partial charge in [-0.2, -0.15) is 8.42 Å². The fourth-order valence-corrected chi connectivity index (χ4v) is 5.28.